The summed E-state index contributed by atoms with van der Waals surface area (Å²) in [6.45, 7) is 4.46. The smallest absolute Gasteiger partial charge is 0.251 e. The number of thiazole rings is 1. The third-order valence-corrected chi connectivity index (χ3v) is 4.91. The number of carbonyl (C=O) groups is 1. The first kappa shape index (κ1) is 18.9. The molecule has 142 valence electrons. The van der Waals surface area contributed by atoms with Crippen molar-refractivity contribution >= 4 is 17.2 Å². The van der Waals surface area contributed by atoms with Gasteiger partial charge in [0.15, 0.2) is 11.5 Å². The molecule has 3 aromatic rings. The Morgan fingerprint density at radius 2 is 1.96 bits per heavy atom. The number of rotatable bonds is 7. The molecular formula is C19H22N4O3S. The van der Waals surface area contributed by atoms with Gasteiger partial charge in [-0.25, -0.2) is 9.67 Å². The molecule has 1 aromatic carbocycles. The second-order valence-electron chi connectivity index (χ2n) is 6.04. The minimum Gasteiger partial charge on any atom is -0.493 e. The van der Waals surface area contributed by atoms with Gasteiger partial charge in [0.25, 0.3) is 5.91 Å². The van der Waals surface area contributed by atoms with Crippen molar-refractivity contribution in [1.82, 2.24) is 20.1 Å². The molecule has 0 unspecified atom stereocenters. The van der Waals surface area contributed by atoms with Crippen LogP contribution in [0.4, 0.5) is 0 Å². The largest absolute Gasteiger partial charge is 0.493 e. The van der Waals surface area contributed by atoms with Crippen LogP contribution < -0.4 is 14.8 Å². The summed E-state index contributed by atoms with van der Waals surface area (Å²) in [6.07, 6.45) is 0.648. The van der Waals surface area contributed by atoms with Gasteiger partial charge in [0.2, 0.25) is 5.13 Å². The van der Waals surface area contributed by atoms with E-state index >= 15 is 0 Å². The van der Waals surface area contributed by atoms with E-state index in [-0.39, 0.29) is 5.91 Å². The molecule has 0 aliphatic heterocycles. The summed E-state index contributed by atoms with van der Waals surface area (Å²) < 4.78 is 12.3. The lowest BCUT2D eigenvalue weighted by Gasteiger charge is -2.09. The second-order valence-corrected chi connectivity index (χ2v) is 6.87. The fourth-order valence-corrected chi connectivity index (χ4v) is 3.58. The number of hydrogen-bond donors (Lipinski definition) is 1. The maximum Gasteiger partial charge on any atom is 0.251 e. The summed E-state index contributed by atoms with van der Waals surface area (Å²) in [6, 6.07) is 7.11. The average molecular weight is 386 g/mol. The highest BCUT2D eigenvalue weighted by Gasteiger charge is 2.12. The second kappa shape index (κ2) is 8.22. The van der Waals surface area contributed by atoms with Crippen LogP contribution in [-0.4, -0.2) is 41.4 Å². The third-order valence-electron chi connectivity index (χ3n) is 4.04. The number of ether oxygens (including phenoxy) is 2. The topological polar surface area (TPSA) is 78.3 Å². The minimum absolute atomic E-state index is 0.162. The Balaban J connectivity index is 1.59. The molecule has 2 heterocycles. The minimum atomic E-state index is -0.162. The number of carbonyl (C=O) groups excluding carboxylic acids is 1. The molecule has 0 saturated carbocycles. The first-order valence-corrected chi connectivity index (χ1v) is 9.38. The number of amides is 1. The van der Waals surface area contributed by atoms with E-state index < -0.39 is 0 Å². The Morgan fingerprint density at radius 3 is 2.63 bits per heavy atom. The maximum atomic E-state index is 12.3. The molecule has 3 rings (SSSR count). The fraction of sp³-hybridized carbons (Fsp3) is 0.316. The monoisotopic (exact) mass is 386 g/mol. The van der Waals surface area contributed by atoms with Gasteiger partial charge in [-0.3, -0.25) is 4.79 Å². The van der Waals surface area contributed by atoms with E-state index in [1.807, 2.05) is 30.0 Å². The van der Waals surface area contributed by atoms with Crippen LogP contribution in [0.25, 0.3) is 5.13 Å². The van der Waals surface area contributed by atoms with Crippen molar-refractivity contribution in [3.05, 3.63) is 52.3 Å². The van der Waals surface area contributed by atoms with Gasteiger partial charge in [-0.1, -0.05) is 0 Å². The van der Waals surface area contributed by atoms with E-state index in [9.17, 15) is 4.79 Å². The van der Waals surface area contributed by atoms with E-state index in [2.05, 4.69) is 15.4 Å². The van der Waals surface area contributed by atoms with Gasteiger partial charge in [0.1, 0.15) is 0 Å². The highest BCUT2D eigenvalue weighted by molar-refractivity contribution is 7.12. The summed E-state index contributed by atoms with van der Waals surface area (Å²) in [4.78, 5) is 16.9. The van der Waals surface area contributed by atoms with E-state index in [1.165, 1.54) is 0 Å². The first-order valence-electron chi connectivity index (χ1n) is 8.50. The lowest BCUT2D eigenvalue weighted by molar-refractivity contribution is 0.0953. The number of aromatic nitrogens is 3. The van der Waals surface area contributed by atoms with E-state index in [0.717, 1.165) is 22.2 Å². The number of benzene rings is 1. The van der Waals surface area contributed by atoms with Crippen molar-refractivity contribution in [1.29, 1.82) is 0 Å². The first-order chi connectivity index (χ1) is 13.0. The normalized spacial score (nSPS) is 10.7. The summed E-state index contributed by atoms with van der Waals surface area (Å²) in [5, 5.41) is 10.2. The molecule has 0 fully saturated rings. The lowest BCUT2D eigenvalue weighted by atomic mass is 10.2. The highest BCUT2D eigenvalue weighted by Crippen LogP contribution is 2.27. The van der Waals surface area contributed by atoms with Crippen LogP contribution in [-0.2, 0) is 6.42 Å². The van der Waals surface area contributed by atoms with Crippen LogP contribution in [0, 0.1) is 13.8 Å². The maximum absolute atomic E-state index is 12.3. The molecular weight excluding hydrogens is 364 g/mol. The van der Waals surface area contributed by atoms with Crippen LogP contribution in [0.15, 0.2) is 29.6 Å². The van der Waals surface area contributed by atoms with Crippen LogP contribution in [0.3, 0.4) is 0 Å². The van der Waals surface area contributed by atoms with Gasteiger partial charge < -0.3 is 14.8 Å². The molecule has 1 amide bonds. The van der Waals surface area contributed by atoms with Gasteiger partial charge in [0.05, 0.1) is 25.6 Å². The van der Waals surface area contributed by atoms with E-state index in [4.69, 9.17) is 9.47 Å². The molecule has 8 heteroatoms. The van der Waals surface area contributed by atoms with Crippen molar-refractivity contribution in [3.63, 3.8) is 0 Å². The zero-order chi connectivity index (χ0) is 19.4. The zero-order valence-corrected chi connectivity index (χ0v) is 16.6. The molecule has 0 bridgehead atoms. The predicted molar refractivity (Wildman–Crippen MR) is 104 cm³/mol. The number of methoxy groups -OCH3 is 2. The number of aryl methyl sites for hydroxylation is 2. The van der Waals surface area contributed by atoms with Crippen molar-refractivity contribution in [3.8, 4) is 16.6 Å². The van der Waals surface area contributed by atoms with Gasteiger partial charge in [-0.05, 0) is 38.1 Å². The Bertz CT molecular complexity index is 948. The molecule has 2 aromatic heterocycles. The molecule has 7 nitrogen and oxygen atoms in total. The Hall–Kier alpha value is -2.87. The van der Waals surface area contributed by atoms with Crippen molar-refractivity contribution in [2.75, 3.05) is 20.8 Å². The molecule has 1 N–H and O–H groups in total. The van der Waals surface area contributed by atoms with Gasteiger partial charge >= 0.3 is 0 Å². The van der Waals surface area contributed by atoms with Crippen LogP contribution in [0.1, 0.15) is 27.4 Å². The molecule has 0 aliphatic carbocycles. The molecule has 0 spiro atoms. The van der Waals surface area contributed by atoms with Crippen molar-refractivity contribution in [2.45, 2.75) is 20.3 Å². The number of nitrogens with zero attached hydrogens (tertiary/aromatic N) is 3. The van der Waals surface area contributed by atoms with E-state index in [1.54, 1.807) is 43.8 Å². The fourth-order valence-electron chi connectivity index (χ4n) is 2.71. The van der Waals surface area contributed by atoms with Crippen molar-refractivity contribution in [2.24, 2.45) is 0 Å². The predicted octanol–water partition coefficient (Wildman–Crippen LogP) is 2.94. The van der Waals surface area contributed by atoms with E-state index in [0.29, 0.717) is 30.0 Å². The average Bonchev–Trinajstić information content (AvgIpc) is 3.26. The van der Waals surface area contributed by atoms with Gasteiger partial charge in [-0.15, -0.1) is 11.3 Å². The summed E-state index contributed by atoms with van der Waals surface area (Å²) in [5.41, 5.74) is 3.46. The Morgan fingerprint density at radius 1 is 1.19 bits per heavy atom. The molecule has 27 heavy (non-hydrogen) atoms. The molecule has 0 saturated heterocycles. The third kappa shape index (κ3) is 4.28. The summed E-state index contributed by atoms with van der Waals surface area (Å²) in [5.74, 6) is 0.956. The summed E-state index contributed by atoms with van der Waals surface area (Å²) in [7, 11) is 3.11. The van der Waals surface area contributed by atoms with Crippen molar-refractivity contribution < 1.29 is 14.3 Å². The number of nitrogens with one attached hydrogen (secondary N) is 1. The zero-order valence-electron chi connectivity index (χ0n) is 15.8. The quantitative estimate of drug-likeness (QED) is 0.675. The van der Waals surface area contributed by atoms with Crippen LogP contribution >= 0.6 is 11.3 Å². The van der Waals surface area contributed by atoms with Crippen LogP contribution in [0.2, 0.25) is 0 Å². The molecule has 0 aliphatic rings. The molecule has 0 atom stereocenters. The Kier molecular flexibility index (Phi) is 5.75. The standard InChI is InChI=1S/C19H22N4O3S/c1-12-9-13(2)23(22-12)19-21-15(11-27-19)7-8-20-18(24)14-5-6-16(25-3)17(10-14)26-4/h5-6,9-11H,7-8H2,1-4H3,(H,20,24). The SMILES string of the molecule is COc1ccc(C(=O)NCCc2csc(-n3nc(C)cc3C)n2)cc1OC. The highest BCUT2D eigenvalue weighted by atomic mass is 32.1. The van der Waals surface area contributed by atoms with Crippen LogP contribution in [0.5, 0.6) is 11.5 Å². The van der Waals surface area contributed by atoms with Gasteiger partial charge in [-0.2, -0.15) is 5.10 Å². The van der Waals surface area contributed by atoms with Gasteiger partial charge in [0, 0.05) is 29.6 Å². The lowest BCUT2D eigenvalue weighted by Crippen LogP contribution is -2.25. The Labute approximate surface area is 162 Å². The summed E-state index contributed by atoms with van der Waals surface area (Å²) >= 11 is 1.54. The molecule has 0 radical (unpaired) electrons. The number of hydrogen-bond acceptors (Lipinski definition) is 6.